The van der Waals surface area contributed by atoms with E-state index in [0.717, 1.165) is 23.1 Å². The molecule has 19 heavy (non-hydrogen) atoms. The van der Waals surface area contributed by atoms with Crippen molar-refractivity contribution in [1.29, 1.82) is 0 Å². The maximum atomic E-state index is 6.10. The Hall–Kier alpha value is -0.840. The van der Waals surface area contributed by atoms with E-state index in [0.29, 0.717) is 17.2 Å². The lowest BCUT2D eigenvalue weighted by atomic mass is 9.71. The summed E-state index contributed by atoms with van der Waals surface area (Å²) in [6, 6.07) is 0. The van der Waals surface area contributed by atoms with Gasteiger partial charge < -0.3 is 10.1 Å². The second-order valence-electron chi connectivity index (χ2n) is 6.24. The number of nitrogens with one attached hydrogen (secondary N) is 1. The molecule has 0 aliphatic heterocycles. The van der Waals surface area contributed by atoms with Crippen molar-refractivity contribution in [2.24, 2.45) is 11.3 Å². The first kappa shape index (κ1) is 14.6. The lowest BCUT2D eigenvalue weighted by molar-refractivity contribution is 0.0527. The minimum absolute atomic E-state index is 0.231. The molecule has 1 aliphatic rings. The van der Waals surface area contributed by atoms with Crippen LogP contribution < -0.4 is 10.1 Å². The van der Waals surface area contributed by atoms with Crippen molar-refractivity contribution in [2.75, 3.05) is 12.4 Å². The summed E-state index contributed by atoms with van der Waals surface area (Å²) in [7, 11) is 1.84. The van der Waals surface area contributed by atoms with Crippen LogP contribution in [0.5, 0.6) is 5.88 Å². The van der Waals surface area contributed by atoms with Gasteiger partial charge in [-0.05, 0) is 46.5 Å². The normalized spacial score (nSPS) is 25.9. The summed E-state index contributed by atoms with van der Waals surface area (Å²) >= 11 is 3.50. The highest BCUT2D eigenvalue weighted by Crippen LogP contribution is 2.40. The zero-order valence-electron chi connectivity index (χ0n) is 12.0. The zero-order valence-corrected chi connectivity index (χ0v) is 13.6. The van der Waals surface area contributed by atoms with Gasteiger partial charge in [-0.15, -0.1) is 0 Å². The average molecular weight is 328 g/mol. The van der Waals surface area contributed by atoms with Crippen LogP contribution in [0.15, 0.2) is 10.8 Å². The Morgan fingerprint density at radius 1 is 1.37 bits per heavy atom. The van der Waals surface area contributed by atoms with E-state index in [4.69, 9.17) is 4.74 Å². The molecule has 0 saturated heterocycles. The van der Waals surface area contributed by atoms with Crippen LogP contribution in [0.1, 0.15) is 40.0 Å². The molecule has 0 spiro atoms. The standard InChI is InChI=1S/C14H22BrN3O/c1-9-5-10(7-14(2,3)6-9)19-13-11(15)12(16-4)17-8-18-13/h8-10H,5-7H2,1-4H3,(H,16,17,18). The summed E-state index contributed by atoms with van der Waals surface area (Å²) < 4.78 is 6.90. The lowest BCUT2D eigenvalue weighted by Crippen LogP contribution is -2.34. The molecule has 1 heterocycles. The molecular weight excluding hydrogens is 306 g/mol. The van der Waals surface area contributed by atoms with Crippen LogP contribution in [0, 0.1) is 11.3 Å². The molecule has 106 valence electrons. The number of hydrogen-bond acceptors (Lipinski definition) is 4. The molecule has 0 bridgehead atoms. The van der Waals surface area contributed by atoms with Gasteiger partial charge in [0.1, 0.15) is 22.7 Å². The molecule has 0 aromatic carbocycles. The summed E-state index contributed by atoms with van der Waals surface area (Å²) in [5.41, 5.74) is 0.341. The summed E-state index contributed by atoms with van der Waals surface area (Å²) in [6.07, 6.45) is 5.19. The fourth-order valence-corrected chi connectivity index (χ4v) is 3.61. The Bertz CT molecular complexity index is 450. The van der Waals surface area contributed by atoms with Crippen LogP contribution in [0.4, 0.5) is 5.82 Å². The van der Waals surface area contributed by atoms with Crippen molar-refractivity contribution in [1.82, 2.24) is 9.97 Å². The van der Waals surface area contributed by atoms with Gasteiger partial charge in [0.05, 0.1) is 0 Å². The van der Waals surface area contributed by atoms with E-state index in [1.165, 1.54) is 12.7 Å². The van der Waals surface area contributed by atoms with Crippen LogP contribution in [0.3, 0.4) is 0 Å². The van der Waals surface area contributed by atoms with Crippen LogP contribution in [0.2, 0.25) is 0 Å². The molecule has 1 aromatic rings. The van der Waals surface area contributed by atoms with Crippen LogP contribution in [-0.2, 0) is 0 Å². The second kappa shape index (κ2) is 5.65. The number of aromatic nitrogens is 2. The quantitative estimate of drug-likeness (QED) is 0.915. The molecule has 1 fully saturated rings. The minimum Gasteiger partial charge on any atom is -0.473 e. The Morgan fingerprint density at radius 3 is 2.74 bits per heavy atom. The molecular formula is C14H22BrN3O. The predicted molar refractivity (Wildman–Crippen MR) is 80.5 cm³/mol. The summed E-state index contributed by atoms with van der Waals surface area (Å²) in [4.78, 5) is 8.38. The molecule has 0 amide bonds. The number of anilines is 1. The SMILES string of the molecule is CNc1ncnc(OC2CC(C)CC(C)(C)C2)c1Br. The molecule has 5 heteroatoms. The van der Waals surface area contributed by atoms with Crippen LogP contribution in [-0.4, -0.2) is 23.1 Å². The molecule has 4 nitrogen and oxygen atoms in total. The Labute approximate surface area is 123 Å². The van der Waals surface area contributed by atoms with Gasteiger partial charge in [-0.1, -0.05) is 20.8 Å². The molecule has 2 unspecified atom stereocenters. The fraction of sp³-hybridized carbons (Fsp3) is 0.714. The first-order valence-corrected chi connectivity index (χ1v) is 7.55. The topological polar surface area (TPSA) is 47.0 Å². The van der Waals surface area contributed by atoms with E-state index in [1.807, 2.05) is 7.05 Å². The number of nitrogens with zero attached hydrogens (tertiary/aromatic N) is 2. The molecule has 1 saturated carbocycles. The Balaban J connectivity index is 2.13. The van der Waals surface area contributed by atoms with Crippen molar-refractivity contribution in [3.8, 4) is 5.88 Å². The average Bonchev–Trinajstić information content (AvgIpc) is 2.29. The van der Waals surface area contributed by atoms with Gasteiger partial charge in [0.25, 0.3) is 0 Å². The van der Waals surface area contributed by atoms with Crippen LogP contribution in [0.25, 0.3) is 0 Å². The number of halogens is 1. The third-order valence-electron chi connectivity index (χ3n) is 3.62. The van der Waals surface area contributed by atoms with Crippen molar-refractivity contribution in [2.45, 2.75) is 46.1 Å². The molecule has 0 radical (unpaired) electrons. The number of hydrogen-bond donors (Lipinski definition) is 1. The maximum Gasteiger partial charge on any atom is 0.233 e. The highest BCUT2D eigenvalue weighted by molar-refractivity contribution is 9.10. The first-order chi connectivity index (χ1) is 8.91. The van der Waals surface area contributed by atoms with Crippen molar-refractivity contribution in [3.05, 3.63) is 10.8 Å². The highest BCUT2D eigenvalue weighted by atomic mass is 79.9. The molecule has 1 N–H and O–H groups in total. The van der Waals surface area contributed by atoms with E-state index in [-0.39, 0.29) is 6.10 Å². The number of rotatable bonds is 3. The fourth-order valence-electron chi connectivity index (χ4n) is 3.12. The van der Waals surface area contributed by atoms with E-state index >= 15 is 0 Å². The van der Waals surface area contributed by atoms with Gasteiger partial charge >= 0.3 is 0 Å². The van der Waals surface area contributed by atoms with E-state index in [2.05, 4.69) is 52.0 Å². The third kappa shape index (κ3) is 3.59. The van der Waals surface area contributed by atoms with E-state index in [9.17, 15) is 0 Å². The van der Waals surface area contributed by atoms with E-state index < -0.39 is 0 Å². The second-order valence-corrected chi connectivity index (χ2v) is 7.04. The minimum atomic E-state index is 0.231. The van der Waals surface area contributed by atoms with Gasteiger partial charge in [-0.2, -0.15) is 0 Å². The Kier molecular flexibility index (Phi) is 4.33. The highest BCUT2D eigenvalue weighted by Gasteiger charge is 2.33. The Morgan fingerprint density at radius 2 is 2.11 bits per heavy atom. The van der Waals surface area contributed by atoms with Crippen molar-refractivity contribution < 1.29 is 4.74 Å². The van der Waals surface area contributed by atoms with Gasteiger partial charge in [0, 0.05) is 7.05 Å². The summed E-state index contributed by atoms with van der Waals surface area (Å²) in [5, 5.41) is 3.02. The van der Waals surface area contributed by atoms with Gasteiger partial charge in [0.15, 0.2) is 0 Å². The van der Waals surface area contributed by atoms with Gasteiger partial charge in [0.2, 0.25) is 5.88 Å². The van der Waals surface area contributed by atoms with Crippen molar-refractivity contribution >= 4 is 21.7 Å². The summed E-state index contributed by atoms with van der Waals surface area (Å²) in [6.45, 7) is 6.92. The molecule has 2 atom stereocenters. The maximum absolute atomic E-state index is 6.10. The zero-order chi connectivity index (χ0) is 14.0. The molecule has 1 aliphatic carbocycles. The molecule has 2 rings (SSSR count). The van der Waals surface area contributed by atoms with Crippen LogP contribution >= 0.6 is 15.9 Å². The van der Waals surface area contributed by atoms with Gasteiger partial charge in [-0.25, -0.2) is 9.97 Å². The van der Waals surface area contributed by atoms with E-state index in [1.54, 1.807) is 0 Å². The monoisotopic (exact) mass is 327 g/mol. The third-order valence-corrected chi connectivity index (χ3v) is 4.33. The predicted octanol–water partition coefficient (Wildman–Crippen LogP) is 3.87. The smallest absolute Gasteiger partial charge is 0.233 e. The lowest BCUT2D eigenvalue weighted by Gasteiger charge is -2.38. The summed E-state index contributed by atoms with van der Waals surface area (Å²) in [5.74, 6) is 2.08. The van der Waals surface area contributed by atoms with Gasteiger partial charge in [-0.3, -0.25) is 0 Å². The largest absolute Gasteiger partial charge is 0.473 e. The number of ether oxygens (including phenoxy) is 1. The molecule has 1 aromatic heterocycles. The first-order valence-electron chi connectivity index (χ1n) is 6.76. The van der Waals surface area contributed by atoms with Crippen molar-refractivity contribution in [3.63, 3.8) is 0 Å².